The number of esters is 2. The first-order valence-electron chi connectivity index (χ1n) is 7.12. The van der Waals surface area contributed by atoms with E-state index >= 15 is 0 Å². The molecule has 6 N–H and O–H groups in total. The number of ether oxygens (including phenoxy) is 2. The molecule has 0 spiro atoms. The number of hydrogen-bond acceptors (Lipinski definition) is 10. The van der Waals surface area contributed by atoms with Gasteiger partial charge < -0.3 is 40.1 Å². The molecule has 164 valence electrons. The van der Waals surface area contributed by atoms with Gasteiger partial charge in [-0.1, -0.05) is 0 Å². The monoisotopic (exact) mass is 486 g/mol. The Hall–Kier alpha value is -2.72. The minimum atomic E-state index is -2.61. The third-order valence-corrected chi connectivity index (χ3v) is 3.01. The molecule has 0 aromatic heterocycles. The molecule has 0 fully saturated rings. The van der Waals surface area contributed by atoms with Crippen LogP contribution in [0.3, 0.4) is 0 Å². The van der Waals surface area contributed by atoms with E-state index in [1.165, 1.54) is 0 Å². The summed E-state index contributed by atoms with van der Waals surface area (Å²) in [6, 6.07) is 0. The number of aliphatic hydroxyl groups is 2. The van der Waals surface area contributed by atoms with E-state index in [-0.39, 0.29) is 17.6 Å². The fraction of sp³-hybridized carbons (Fsp3) is 0.571. The predicted octanol–water partition coefficient (Wildman–Crippen LogP) is -2.70. The Morgan fingerprint density at radius 1 is 0.621 bits per heavy atom. The molecule has 4 radical (unpaired) electrons. The number of aliphatic carboxylic acids is 4. The fourth-order valence-electron chi connectivity index (χ4n) is 1.55. The number of methoxy groups -OCH3 is 2. The van der Waals surface area contributed by atoms with Gasteiger partial charge in [0.1, 0.15) is 0 Å². The summed E-state index contributed by atoms with van der Waals surface area (Å²) in [5.41, 5.74) is -5.22. The van der Waals surface area contributed by atoms with E-state index in [4.69, 9.17) is 20.4 Å². The fourth-order valence-corrected chi connectivity index (χ4v) is 1.55. The van der Waals surface area contributed by atoms with Gasteiger partial charge in [-0.3, -0.25) is 19.2 Å². The van der Waals surface area contributed by atoms with Gasteiger partial charge in [0.05, 0.1) is 39.9 Å². The SMILES string of the molecule is COC(=O)CC(O)(CC(=O)O)C(=O)O.COC(=O)CC(O)(CC(=O)O)C(=O)O.[Ge]. The van der Waals surface area contributed by atoms with Crippen molar-refractivity contribution >= 4 is 53.4 Å². The largest absolute Gasteiger partial charge is 0.481 e. The maximum absolute atomic E-state index is 10.7. The maximum Gasteiger partial charge on any atom is 0.336 e. The van der Waals surface area contributed by atoms with E-state index in [2.05, 4.69) is 9.47 Å². The smallest absolute Gasteiger partial charge is 0.336 e. The Bertz CT molecular complexity index is 578. The van der Waals surface area contributed by atoms with Crippen molar-refractivity contribution < 1.29 is 68.9 Å². The van der Waals surface area contributed by atoms with Gasteiger partial charge in [-0.2, -0.15) is 0 Å². The van der Waals surface area contributed by atoms with Crippen LogP contribution in [0.15, 0.2) is 0 Å². The van der Waals surface area contributed by atoms with E-state index in [1.54, 1.807) is 0 Å². The van der Waals surface area contributed by atoms with Crippen LogP contribution in [0.5, 0.6) is 0 Å². The van der Waals surface area contributed by atoms with Gasteiger partial charge in [0.2, 0.25) is 0 Å². The molecule has 14 nitrogen and oxygen atoms in total. The van der Waals surface area contributed by atoms with Crippen LogP contribution in [0.25, 0.3) is 0 Å². The van der Waals surface area contributed by atoms with Gasteiger partial charge in [-0.25, -0.2) is 9.59 Å². The van der Waals surface area contributed by atoms with Crippen LogP contribution >= 0.6 is 0 Å². The van der Waals surface area contributed by atoms with Gasteiger partial charge >= 0.3 is 35.8 Å². The maximum atomic E-state index is 10.7. The number of carboxylic acids is 4. The second-order valence-electron chi connectivity index (χ2n) is 5.32. The zero-order chi connectivity index (χ0) is 22.7. The molecule has 0 aromatic carbocycles. The normalized spacial score (nSPS) is 13.7. The summed E-state index contributed by atoms with van der Waals surface area (Å²) >= 11 is 0. The van der Waals surface area contributed by atoms with Crippen LogP contribution in [-0.4, -0.2) is 109 Å². The molecule has 0 aliphatic rings. The quantitative estimate of drug-likeness (QED) is 0.136. The number of carbonyl (C=O) groups is 6. The van der Waals surface area contributed by atoms with Gasteiger partial charge in [-0.05, 0) is 0 Å². The first-order valence-corrected chi connectivity index (χ1v) is 7.12. The van der Waals surface area contributed by atoms with Crippen molar-refractivity contribution in [2.24, 2.45) is 0 Å². The van der Waals surface area contributed by atoms with E-state index in [0.717, 1.165) is 14.2 Å². The number of carboxylic acid groups (broad SMARTS) is 4. The molecule has 0 aliphatic heterocycles. The minimum absolute atomic E-state index is 0. The van der Waals surface area contributed by atoms with Crippen molar-refractivity contribution in [2.75, 3.05) is 14.2 Å². The summed E-state index contributed by atoms with van der Waals surface area (Å²) in [6.45, 7) is 0. The number of rotatable bonds is 10. The Balaban J connectivity index is -0.000000451. The molecule has 0 aliphatic carbocycles. The third kappa shape index (κ3) is 12.4. The second-order valence-corrected chi connectivity index (χ2v) is 5.32. The van der Waals surface area contributed by atoms with Crippen molar-refractivity contribution in [3.8, 4) is 0 Å². The average Bonchev–Trinajstić information content (AvgIpc) is 2.53. The van der Waals surface area contributed by atoms with Crippen molar-refractivity contribution in [3.63, 3.8) is 0 Å². The molecule has 0 saturated heterocycles. The summed E-state index contributed by atoms with van der Waals surface area (Å²) in [4.78, 5) is 62.8. The molecule has 0 amide bonds. The molecular formula is C14H20GeO14. The Morgan fingerprint density at radius 2 is 0.862 bits per heavy atom. The number of carbonyl (C=O) groups excluding carboxylic acids is 2. The molecule has 29 heavy (non-hydrogen) atoms. The topological polar surface area (TPSA) is 242 Å². The Kier molecular flexibility index (Phi) is 14.4. The summed E-state index contributed by atoms with van der Waals surface area (Å²) in [5, 5.41) is 52.2. The first kappa shape index (κ1) is 31.0. The Labute approximate surface area is 174 Å². The first-order chi connectivity index (χ1) is 12.6. The zero-order valence-corrected chi connectivity index (χ0v) is 17.4. The van der Waals surface area contributed by atoms with Crippen LogP contribution in [0.4, 0.5) is 0 Å². The van der Waals surface area contributed by atoms with Gasteiger partial charge in [0.25, 0.3) is 0 Å². The summed E-state index contributed by atoms with van der Waals surface area (Å²) in [7, 11) is 2.01. The predicted molar refractivity (Wildman–Crippen MR) is 88.7 cm³/mol. The molecule has 2 atom stereocenters. The minimum Gasteiger partial charge on any atom is -0.481 e. The van der Waals surface area contributed by atoms with Crippen LogP contribution in [0.1, 0.15) is 25.7 Å². The summed E-state index contributed by atoms with van der Waals surface area (Å²) in [6.07, 6.45) is -3.91. The molecule has 0 heterocycles. The summed E-state index contributed by atoms with van der Waals surface area (Å²) in [5.74, 6) is -8.56. The molecule has 0 aromatic rings. The molecule has 2 unspecified atom stereocenters. The van der Waals surface area contributed by atoms with Crippen LogP contribution in [0, 0.1) is 0 Å². The van der Waals surface area contributed by atoms with Crippen molar-refractivity contribution in [1.82, 2.24) is 0 Å². The molecular weight excluding hydrogens is 465 g/mol. The molecule has 15 heteroatoms. The standard InChI is InChI=1S/2C7H10O7.Ge/c2*1-14-5(10)3-7(13,6(11)12)2-4(8)9;/h2*13H,2-3H2,1H3,(H,8,9)(H,11,12);. The van der Waals surface area contributed by atoms with Crippen LogP contribution < -0.4 is 0 Å². The average molecular weight is 485 g/mol. The third-order valence-electron chi connectivity index (χ3n) is 3.01. The number of hydrogen-bond donors (Lipinski definition) is 6. The van der Waals surface area contributed by atoms with Crippen molar-refractivity contribution in [2.45, 2.75) is 36.9 Å². The van der Waals surface area contributed by atoms with Crippen molar-refractivity contribution in [3.05, 3.63) is 0 Å². The van der Waals surface area contributed by atoms with E-state index < -0.39 is 72.7 Å². The van der Waals surface area contributed by atoms with Crippen LogP contribution in [0.2, 0.25) is 0 Å². The second kappa shape index (κ2) is 13.5. The van der Waals surface area contributed by atoms with E-state index in [1.807, 2.05) is 0 Å². The summed E-state index contributed by atoms with van der Waals surface area (Å²) < 4.78 is 8.24. The van der Waals surface area contributed by atoms with Gasteiger partial charge in [0.15, 0.2) is 11.2 Å². The van der Waals surface area contributed by atoms with Crippen molar-refractivity contribution in [1.29, 1.82) is 0 Å². The zero-order valence-electron chi connectivity index (χ0n) is 15.3. The molecule has 0 bridgehead atoms. The Morgan fingerprint density at radius 3 is 1.00 bits per heavy atom. The van der Waals surface area contributed by atoms with Gasteiger partial charge in [-0.15, -0.1) is 0 Å². The molecule has 0 rings (SSSR count). The van der Waals surface area contributed by atoms with E-state index in [0.29, 0.717) is 0 Å². The van der Waals surface area contributed by atoms with Gasteiger partial charge in [0, 0.05) is 17.6 Å². The van der Waals surface area contributed by atoms with E-state index in [9.17, 15) is 39.0 Å². The molecule has 0 saturated carbocycles. The van der Waals surface area contributed by atoms with Crippen LogP contribution in [-0.2, 0) is 38.2 Å².